The number of benzene rings is 2. The number of fused-ring (bicyclic) bond motifs is 4. The molecule has 0 fully saturated rings. The number of nitrogen functional groups attached to an aromatic ring is 1. The lowest BCUT2D eigenvalue weighted by atomic mass is 9.71. The first-order chi connectivity index (χ1) is 14.0. The molecule has 4 rings (SSSR count). The number of anilines is 1. The van der Waals surface area contributed by atoms with Gasteiger partial charge in [0, 0.05) is 51.6 Å². The van der Waals surface area contributed by atoms with Gasteiger partial charge in [-0.15, -0.1) is 0 Å². The monoisotopic (exact) mass is 425 g/mol. The molecule has 30 heavy (non-hydrogen) atoms. The summed E-state index contributed by atoms with van der Waals surface area (Å²) in [5, 5.41) is 3.45. The van der Waals surface area contributed by atoms with E-state index in [0.717, 1.165) is 28.4 Å². The number of hydrogen-bond donors (Lipinski definition) is 3. The van der Waals surface area contributed by atoms with Crippen LogP contribution in [0.4, 0.5) is 5.69 Å². The average Bonchev–Trinajstić information content (AvgIpc) is 3.04. The fraction of sp³-hybridized carbons (Fsp3) is 0.273. The summed E-state index contributed by atoms with van der Waals surface area (Å²) < 4.78 is 22.5. The van der Waals surface area contributed by atoms with Gasteiger partial charge in [0.1, 0.15) is 9.84 Å². The zero-order valence-corrected chi connectivity index (χ0v) is 17.8. The molecule has 0 saturated carbocycles. The molecule has 8 heteroatoms. The van der Waals surface area contributed by atoms with Crippen molar-refractivity contribution in [3.63, 3.8) is 0 Å². The van der Waals surface area contributed by atoms with Crippen molar-refractivity contribution in [3.8, 4) is 0 Å². The standard InChI is InChI=1S/C22H23N3O4S/c1-22(2)16-10-12(21(27)24-8-9-30(3,28)29)4-6-14(16)19(26)18-15-7-5-13(23)11-17(15)25-20(18)22/h4-7,10-11,25H,8-9,23H2,1-3H3,(H,24,27). The Morgan fingerprint density at radius 3 is 2.60 bits per heavy atom. The van der Waals surface area contributed by atoms with E-state index in [9.17, 15) is 18.0 Å². The fourth-order valence-corrected chi connectivity index (χ4v) is 4.51. The summed E-state index contributed by atoms with van der Waals surface area (Å²) in [5.41, 5.74) is 9.86. The second-order valence-corrected chi connectivity index (χ2v) is 10.5. The molecular formula is C22H23N3O4S. The summed E-state index contributed by atoms with van der Waals surface area (Å²) in [4.78, 5) is 29.2. The molecule has 156 valence electrons. The van der Waals surface area contributed by atoms with E-state index in [1.807, 2.05) is 26.0 Å². The highest BCUT2D eigenvalue weighted by molar-refractivity contribution is 7.90. The Hall–Kier alpha value is -3.13. The van der Waals surface area contributed by atoms with Gasteiger partial charge in [-0.1, -0.05) is 19.9 Å². The summed E-state index contributed by atoms with van der Waals surface area (Å²) in [6, 6.07) is 10.4. The third-order valence-electron chi connectivity index (χ3n) is 5.63. The summed E-state index contributed by atoms with van der Waals surface area (Å²) in [5.74, 6) is -0.603. The highest BCUT2D eigenvalue weighted by Crippen LogP contribution is 2.44. The minimum absolute atomic E-state index is 0.0324. The highest BCUT2D eigenvalue weighted by Gasteiger charge is 2.39. The molecule has 0 spiro atoms. The normalized spacial score (nSPS) is 15.0. The third kappa shape index (κ3) is 3.27. The molecule has 1 aliphatic carbocycles. The topological polar surface area (TPSA) is 122 Å². The van der Waals surface area contributed by atoms with Crippen LogP contribution in [0.2, 0.25) is 0 Å². The van der Waals surface area contributed by atoms with Crippen LogP contribution in [-0.2, 0) is 15.3 Å². The second kappa shape index (κ2) is 6.70. The molecule has 1 aromatic heterocycles. The molecule has 1 aliphatic rings. The van der Waals surface area contributed by atoms with Crippen LogP contribution in [0.25, 0.3) is 10.9 Å². The summed E-state index contributed by atoms with van der Waals surface area (Å²) in [6.07, 6.45) is 1.12. The molecule has 0 saturated heterocycles. The van der Waals surface area contributed by atoms with E-state index in [0.29, 0.717) is 22.4 Å². The lowest BCUT2D eigenvalue weighted by Gasteiger charge is -2.32. The Bertz CT molecular complexity index is 1320. The molecule has 0 radical (unpaired) electrons. The predicted molar refractivity (Wildman–Crippen MR) is 117 cm³/mol. The quantitative estimate of drug-likeness (QED) is 0.554. The molecule has 3 aromatic rings. The van der Waals surface area contributed by atoms with E-state index in [1.165, 1.54) is 0 Å². The minimum Gasteiger partial charge on any atom is -0.399 e. The molecule has 7 nitrogen and oxygen atoms in total. The van der Waals surface area contributed by atoms with Crippen LogP contribution in [0, 0.1) is 0 Å². The van der Waals surface area contributed by atoms with E-state index in [2.05, 4.69) is 10.3 Å². The Morgan fingerprint density at radius 2 is 1.90 bits per heavy atom. The van der Waals surface area contributed by atoms with Gasteiger partial charge in [0.25, 0.3) is 5.91 Å². The smallest absolute Gasteiger partial charge is 0.251 e. The van der Waals surface area contributed by atoms with Gasteiger partial charge in [0.05, 0.1) is 11.3 Å². The van der Waals surface area contributed by atoms with Crippen molar-refractivity contribution in [2.24, 2.45) is 0 Å². The molecule has 1 amide bonds. The lowest BCUT2D eigenvalue weighted by Crippen LogP contribution is -2.32. The number of sulfone groups is 1. The molecule has 0 atom stereocenters. The van der Waals surface area contributed by atoms with Crippen LogP contribution < -0.4 is 11.1 Å². The zero-order valence-electron chi connectivity index (χ0n) is 17.0. The lowest BCUT2D eigenvalue weighted by molar-refractivity contribution is 0.0954. The molecule has 1 heterocycles. The number of nitrogens with one attached hydrogen (secondary N) is 2. The van der Waals surface area contributed by atoms with Gasteiger partial charge in [-0.05, 0) is 35.9 Å². The Balaban J connectivity index is 1.75. The van der Waals surface area contributed by atoms with Crippen molar-refractivity contribution in [2.75, 3.05) is 24.3 Å². The fourth-order valence-electron chi connectivity index (χ4n) is 4.04. The van der Waals surface area contributed by atoms with Crippen molar-refractivity contribution in [1.29, 1.82) is 0 Å². The summed E-state index contributed by atoms with van der Waals surface area (Å²) >= 11 is 0. The molecule has 4 N–H and O–H groups in total. The Morgan fingerprint density at radius 1 is 1.17 bits per heavy atom. The van der Waals surface area contributed by atoms with Crippen molar-refractivity contribution >= 4 is 38.1 Å². The number of rotatable bonds is 4. The maximum absolute atomic E-state index is 13.3. The number of carbonyl (C=O) groups is 2. The van der Waals surface area contributed by atoms with Crippen LogP contribution >= 0.6 is 0 Å². The number of aromatic nitrogens is 1. The van der Waals surface area contributed by atoms with Crippen LogP contribution in [-0.4, -0.2) is 43.6 Å². The molecular weight excluding hydrogens is 402 g/mol. The van der Waals surface area contributed by atoms with Gasteiger partial charge >= 0.3 is 0 Å². The van der Waals surface area contributed by atoms with Crippen molar-refractivity contribution in [2.45, 2.75) is 19.3 Å². The number of nitrogens with two attached hydrogens (primary N) is 1. The van der Waals surface area contributed by atoms with Gasteiger partial charge in [-0.2, -0.15) is 0 Å². The largest absolute Gasteiger partial charge is 0.399 e. The van der Waals surface area contributed by atoms with Crippen LogP contribution in [0.15, 0.2) is 36.4 Å². The highest BCUT2D eigenvalue weighted by atomic mass is 32.2. The van der Waals surface area contributed by atoms with E-state index >= 15 is 0 Å². The molecule has 2 aromatic carbocycles. The van der Waals surface area contributed by atoms with Crippen LogP contribution in [0.5, 0.6) is 0 Å². The first-order valence-corrected chi connectivity index (χ1v) is 11.6. The van der Waals surface area contributed by atoms with E-state index in [1.54, 1.807) is 24.3 Å². The minimum atomic E-state index is -3.16. The Labute approximate surface area is 174 Å². The van der Waals surface area contributed by atoms with Gasteiger partial charge in [0.15, 0.2) is 5.78 Å². The summed E-state index contributed by atoms with van der Waals surface area (Å²) in [7, 11) is -3.16. The Kier molecular flexibility index (Phi) is 4.50. The van der Waals surface area contributed by atoms with E-state index in [-0.39, 0.29) is 24.0 Å². The van der Waals surface area contributed by atoms with E-state index in [4.69, 9.17) is 5.73 Å². The van der Waals surface area contributed by atoms with Crippen molar-refractivity contribution in [3.05, 3.63) is 64.3 Å². The summed E-state index contributed by atoms with van der Waals surface area (Å²) in [6.45, 7) is 4.03. The number of hydrogen-bond acceptors (Lipinski definition) is 5. The second-order valence-electron chi connectivity index (χ2n) is 8.28. The number of amides is 1. The van der Waals surface area contributed by atoms with Crippen LogP contribution in [0.1, 0.15) is 51.4 Å². The molecule has 0 aliphatic heterocycles. The number of carbonyl (C=O) groups excluding carboxylic acids is 2. The van der Waals surface area contributed by atoms with E-state index < -0.39 is 15.3 Å². The number of aromatic amines is 1. The van der Waals surface area contributed by atoms with Crippen LogP contribution in [0.3, 0.4) is 0 Å². The van der Waals surface area contributed by atoms with Gasteiger partial charge in [-0.3, -0.25) is 9.59 Å². The average molecular weight is 426 g/mol. The predicted octanol–water partition coefficient (Wildman–Crippen LogP) is 2.39. The third-order valence-corrected chi connectivity index (χ3v) is 6.58. The molecule has 0 bridgehead atoms. The first-order valence-electron chi connectivity index (χ1n) is 9.56. The van der Waals surface area contributed by atoms with Gasteiger partial charge in [0.2, 0.25) is 0 Å². The number of ketones is 1. The maximum Gasteiger partial charge on any atom is 0.251 e. The van der Waals surface area contributed by atoms with Gasteiger partial charge in [-0.25, -0.2) is 8.42 Å². The first kappa shape index (κ1) is 20.2. The number of H-pyrrole nitrogens is 1. The SMILES string of the molecule is CC1(C)c2cc(C(=O)NCCS(C)(=O)=O)ccc2C(=O)c2c1[nH]c1cc(N)ccc21. The van der Waals surface area contributed by atoms with Gasteiger partial charge < -0.3 is 16.0 Å². The maximum atomic E-state index is 13.3. The van der Waals surface area contributed by atoms with Crippen molar-refractivity contribution < 1.29 is 18.0 Å². The molecule has 0 unspecified atom stereocenters. The zero-order chi connectivity index (χ0) is 21.8. The van der Waals surface area contributed by atoms with Crippen molar-refractivity contribution in [1.82, 2.24) is 10.3 Å².